The van der Waals surface area contributed by atoms with E-state index in [0.29, 0.717) is 28.9 Å². The first-order chi connectivity index (χ1) is 16.0. The minimum absolute atomic E-state index is 0.175. The molecule has 0 unspecified atom stereocenters. The molecule has 33 heavy (non-hydrogen) atoms. The van der Waals surface area contributed by atoms with Gasteiger partial charge in [0.15, 0.2) is 0 Å². The van der Waals surface area contributed by atoms with Gasteiger partial charge >= 0.3 is 5.69 Å². The normalized spacial score (nSPS) is 17.7. The van der Waals surface area contributed by atoms with Gasteiger partial charge < -0.3 is 10.6 Å². The number of aryl methyl sites for hydroxylation is 2. The van der Waals surface area contributed by atoms with Crippen LogP contribution in [0.15, 0.2) is 53.7 Å². The number of hydrogen-bond donors (Lipinski definition) is 2. The van der Waals surface area contributed by atoms with E-state index in [-0.39, 0.29) is 5.69 Å². The number of nitriles is 1. The Hall–Kier alpha value is -4.19. The SMILES string of the molecule is Cc1cnc(N[C@H]2CC[C@H](Nc3ccc(-n4c(=O)n(C)c5cc(C#N)ccc54)cn3)C2)cn1. The number of imidazole rings is 1. The van der Waals surface area contributed by atoms with Gasteiger partial charge in [-0.25, -0.2) is 14.8 Å². The molecule has 1 aliphatic carbocycles. The molecule has 1 fully saturated rings. The molecule has 9 heteroatoms. The minimum atomic E-state index is -0.175. The number of hydrogen-bond acceptors (Lipinski definition) is 7. The summed E-state index contributed by atoms with van der Waals surface area (Å²) < 4.78 is 3.16. The van der Waals surface area contributed by atoms with Crippen LogP contribution in [0.25, 0.3) is 16.7 Å². The van der Waals surface area contributed by atoms with Crippen molar-refractivity contribution in [2.75, 3.05) is 10.6 Å². The summed E-state index contributed by atoms with van der Waals surface area (Å²) in [5.74, 6) is 1.58. The van der Waals surface area contributed by atoms with Gasteiger partial charge in [0.05, 0.1) is 52.6 Å². The molecule has 2 N–H and O–H groups in total. The van der Waals surface area contributed by atoms with Crippen molar-refractivity contribution in [3.05, 3.63) is 70.7 Å². The number of benzene rings is 1. The molecule has 4 aromatic rings. The first kappa shape index (κ1) is 20.7. The van der Waals surface area contributed by atoms with Gasteiger partial charge in [-0.3, -0.25) is 14.1 Å². The molecular formula is C24H24N8O. The molecule has 0 aliphatic heterocycles. The fourth-order valence-electron chi connectivity index (χ4n) is 4.39. The minimum Gasteiger partial charge on any atom is -0.367 e. The summed E-state index contributed by atoms with van der Waals surface area (Å²) in [4.78, 5) is 26.1. The molecule has 166 valence electrons. The molecular weight excluding hydrogens is 416 g/mol. The van der Waals surface area contributed by atoms with Crippen molar-refractivity contribution in [2.24, 2.45) is 7.05 Å². The van der Waals surface area contributed by atoms with Gasteiger partial charge in [0.1, 0.15) is 11.6 Å². The Morgan fingerprint density at radius 2 is 1.73 bits per heavy atom. The molecule has 9 nitrogen and oxygen atoms in total. The van der Waals surface area contributed by atoms with E-state index in [1.54, 1.807) is 53.0 Å². The van der Waals surface area contributed by atoms with Crippen LogP contribution in [0.3, 0.4) is 0 Å². The summed E-state index contributed by atoms with van der Waals surface area (Å²) in [6.07, 6.45) is 8.28. The van der Waals surface area contributed by atoms with Crippen LogP contribution in [0.4, 0.5) is 11.6 Å². The molecule has 0 saturated heterocycles. The fraction of sp³-hybridized carbons (Fsp3) is 0.292. The lowest BCUT2D eigenvalue weighted by atomic mass is 10.2. The Labute approximate surface area is 190 Å². The second-order valence-electron chi connectivity index (χ2n) is 8.43. The standard InChI is InChI=1S/C24H24N8O/c1-15-12-27-23(14-26-15)30-18-5-4-17(10-18)29-22-8-6-19(13-28-22)32-20-7-3-16(11-25)9-21(20)31(2)24(32)33/h3,6-9,12-14,17-18H,4-5,10H2,1-2H3,(H,27,30)(H,28,29)/t17-,18-/m0/s1. The van der Waals surface area contributed by atoms with Crippen LogP contribution < -0.4 is 16.3 Å². The van der Waals surface area contributed by atoms with Crippen LogP contribution in [0, 0.1) is 18.3 Å². The topological polar surface area (TPSA) is 113 Å². The Bertz CT molecular complexity index is 1400. The van der Waals surface area contributed by atoms with Crippen LogP contribution >= 0.6 is 0 Å². The third-order valence-corrected chi connectivity index (χ3v) is 6.11. The van der Waals surface area contributed by atoms with Gasteiger partial charge in [-0.15, -0.1) is 0 Å². The van der Waals surface area contributed by atoms with E-state index in [0.717, 1.165) is 42.1 Å². The molecule has 0 bridgehead atoms. The zero-order chi connectivity index (χ0) is 22.9. The summed E-state index contributed by atoms with van der Waals surface area (Å²) in [6, 6.07) is 11.8. The Morgan fingerprint density at radius 3 is 2.39 bits per heavy atom. The van der Waals surface area contributed by atoms with E-state index < -0.39 is 0 Å². The zero-order valence-electron chi connectivity index (χ0n) is 18.5. The van der Waals surface area contributed by atoms with Gasteiger partial charge in [-0.05, 0) is 56.5 Å². The summed E-state index contributed by atoms with van der Waals surface area (Å²) in [5.41, 5.74) is 3.39. The van der Waals surface area contributed by atoms with Gasteiger partial charge in [-0.1, -0.05) is 0 Å². The fourth-order valence-corrected chi connectivity index (χ4v) is 4.39. The lowest BCUT2D eigenvalue weighted by Gasteiger charge is -2.15. The van der Waals surface area contributed by atoms with Crippen molar-refractivity contribution >= 4 is 22.7 Å². The average Bonchev–Trinajstić information content (AvgIpc) is 3.37. The number of aromatic nitrogens is 5. The Balaban J connectivity index is 1.29. The maximum absolute atomic E-state index is 12.8. The Kier molecular flexibility index (Phi) is 5.26. The summed E-state index contributed by atoms with van der Waals surface area (Å²) in [5, 5.41) is 16.1. The van der Waals surface area contributed by atoms with E-state index in [1.807, 2.05) is 19.1 Å². The van der Waals surface area contributed by atoms with Gasteiger partial charge in [-0.2, -0.15) is 5.26 Å². The highest BCUT2D eigenvalue weighted by atomic mass is 16.1. The average molecular weight is 441 g/mol. The lowest BCUT2D eigenvalue weighted by molar-refractivity contribution is 0.719. The van der Waals surface area contributed by atoms with Crippen molar-refractivity contribution < 1.29 is 0 Å². The molecule has 3 aromatic heterocycles. The summed E-state index contributed by atoms with van der Waals surface area (Å²) >= 11 is 0. The maximum Gasteiger partial charge on any atom is 0.333 e. The number of pyridine rings is 1. The number of anilines is 2. The van der Waals surface area contributed by atoms with Crippen molar-refractivity contribution in [3.63, 3.8) is 0 Å². The second kappa shape index (κ2) is 8.39. The number of nitrogens with zero attached hydrogens (tertiary/aromatic N) is 6. The van der Waals surface area contributed by atoms with Gasteiger partial charge in [0, 0.05) is 19.1 Å². The van der Waals surface area contributed by atoms with Gasteiger partial charge in [0.25, 0.3) is 0 Å². The maximum atomic E-state index is 12.8. The van der Waals surface area contributed by atoms with Crippen LogP contribution in [0.2, 0.25) is 0 Å². The van der Waals surface area contributed by atoms with E-state index in [1.165, 1.54) is 0 Å². The first-order valence-electron chi connectivity index (χ1n) is 10.9. The molecule has 0 radical (unpaired) electrons. The van der Waals surface area contributed by atoms with Crippen LogP contribution in [-0.4, -0.2) is 36.2 Å². The van der Waals surface area contributed by atoms with Crippen molar-refractivity contribution in [1.29, 1.82) is 5.26 Å². The number of rotatable bonds is 5. The van der Waals surface area contributed by atoms with Crippen molar-refractivity contribution in [2.45, 2.75) is 38.3 Å². The molecule has 2 atom stereocenters. The highest BCUT2D eigenvalue weighted by molar-refractivity contribution is 5.79. The van der Waals surface area contributed by atoms with E-state index in [2.05, 4.69) is 31.7 Å². The highest BCUT2D eigenvalue weighted by Gasteiger charge is 2.25. The molecule has 1 saturated carbocycles. The largest absolute Gasteiger partial charge is 0.367 e. The molecule has 0 spiro atoms. The number of nitrogens with one attached hydrogen (secondary N) is 2. The third-order valence-electron chi connectivity index (χ3n) is 6.11. The van der Waals surface area contributed by atoms with Gasteiger partial charge in [0.2, 0.25) is 0 Å². The van der Waals surface area contributed by atoms with Crippen LogP contribution in [-0.2, 0) is 7.05 Å². The molecule has 0 amide bonds. The predicted octanol–water partition coefficient (Wildman–Crippen LogP) is 3.14. The van der Waals surface area contributed by atoms with E-state index in [9.17, 15) is 4.79 Å². The second-order valence-corrected chi connectivity index (χ2v) is 8.43. The molecule has 5 rings (SSSR count). The molecule has 3 heterocycles. The zero-order valence-corrected chi connectivity index (χ0v) is 18.5. The van der Waals surface area contributed by atoms with E-state index in [4.69, 9.17) is 5.26 Å². The van der Waals surface area contributed by atoms with Crippen LogP contribution in [0.1, 0.15) is 30.5 Å². The van der Waals surface area contributed by atoms with E-state index >= 15 is 0 Å². The lowest BCUT2D eigenvalue weighted by Crippen LogP contribution is -2.22. The first-order valence-corrected chi connectivity index (χ1v) is 10.9. The van der Waals surface area contributed by atoms with Crippen molar-refractivity contribution in [3.8, 4) is 11.8 Å². The quantitative estimate of drug-likeness (QED) is 0.490. The predicted molar refractivity (Wildman–Crippen MR) is 126 cm³/mol. The Morgan fingerprint density at radius 1 is 0.970 bits per heavy atom. The highest BCUT2D eigenvalue weighted by Crippen LogP contribution is 2.25. The summed E-state index contributed by atoms with van der Waals surface area (Å²) in [6.45, 7) is 1.92. The monoisotopic (exact) mass is 440 g/mol. The third kappa shape index (κ3) is 4.03. The number of fused-ring (bicyclic) bond motifs is 1. The van der Waals surface area contributed by atoms with Crippen molar-refractivity contribution in [1.82, 2.24) is 24.1 Å². The summed E-state index contributed by atoms with van der Waals surface area (Å²) in [7, 11) is 1.71. The van der Waals surface area contributed by atoms with Crippen LogP contribution in [0.5, 0.6) is 0 Å². The molecule has 1 aromatic carbocycles. The smallest absolute Gasteiger partial charge is 0.333 e. The molecule has 1 aliphatic rings.